The first kappa shape index (κ1) is 22.8. The summed E-state index contributed by atoms with van der Waals surface area (Å²) in [6.07, 6.45) is 9.30. The summed E-state index contributed by atoms with van der Waals surface area (Å²) in [4.78, 5) is 11.7. The summed E-state index contributed by atoms with van der Waals surface area (Å²) in [5, 5.41) is 13.8. The van der Waals surface area contributed by atoms with Gasteiger partial charge in [0.1, 0.15) is 0 Å². The predicted molar refractivity (Wildman–Crippen MR) is 127 cm³/mol. The van der Waals surface area contributed by atoms with Gasteiger partial charge in [-0.15, -0.1) is 0 Å². The lowest BCUT2D eigenvalue weighted by atomic mass is 10.1. The van der Waals surface area contributed by atoms with Gasteiger partial charge in [0, 0.05) is 30.9 Å². The Morgan fingerprint density at radius 3 is 2.53 bits per heavy atom. The minimum absolute atomic E-state index is 0.213. The molecule has 1 aliphatic carbocycles. The number of nitrogens with one attached hydrogen (secondary N) is 4. The average molecular weight is 446 g/mol. The molecule has 0 spiro atoms. The second-order valence-electron chi connectivity index (χ2n) is 8.86. The van der Waals surface area contributed by atoms with Gasteiger partial charge in [-0.25, -0.2) is 9.38 Å². The van der Waals surface area contributed by atoms with Crippen molar-refractivity contribution < 1.29 is 9.13 Å². The summed E-state index contributed by atoms with van der Waals surface area (Å²) in [6, 6.07) is 5.63. The molecule has 8 nitrogen and oxygen atoms in total. The number of hydrogen-bond acceptors (Lipinski definition) is 8. The van der Waals surface area contributed by atoms with Crippen LogP contribution >= 0.6 is 0 Å². The minimum Gasteiger partial charge on any atom is -0.494 e. The van der Waals surface area contributed by atoms with Crippen LogP contribution in [0.5, 0.6) is 5.75 Å². The molecule has 1 unspecified atom stereocenters. The fourth-order valence-corrected chi connectivity index (χ4v) is 4.67. The SMILES string of the molecule is COc1ccc(NC2=NC(NC3CCCCCC3)NC(N(C)C3CCNCC3)=N2)cc1F. The Labute approximate surface area is 190 Å². The first-order chi connectivity index (χ1) is 15.6. The fourth-order valence-electron chi connectivity index (χ4n) is 4.67. The smallest absolute Gasteiger partial charge is 0.229 e. The third-order valence-electron chi connectivity index (χ3n) is 6.58. The van der Waals surface area contributed by atoms with Gasteiger partial charge in [0.25, 0.3) is 0 Å². The number of halogens is 1. The fraction of sp³-hybridized carbons (Fsp3) is 0.652. The molecule has 1 atom stereocenters. The van der Waals surface area contributed by atoms with E-state index in [1.54, 1.807) is 12.1 Å². The summed E-state index contributed by atoms with van der Waals surface area (Å²) in [6.45, 7) is 2.02. The lowest BCUT2D eigenvalue weighted by Gasteiger charge is -2.37. The van der Waals surface area contributed by atoms with Crippen LogP contribution in [0.2, 0.25) is 0 Å². The molecular formula is C23H36FN7O. The van der Waals surface area contributed by atoms with Gasteiger partial charge in [0.15, 0.2) is 17.9 Å². The van der Waals surface area contributed by atoms with Crippen molar-refractivity contribution >= 4 is 17.6 Å². The van der Waals surface area contributed by atoms with Gasteiger partial charge >= 0.3 is 0 Å². The van der Waals surface area contributed by atoms with E-state index in [4.69, 9.17) is 14.7 Å². The van der Waals surface area contributed by atoms with Crippen molar-refractivity contribution in [3.63, 3.8) is 0 Å². The van der Waals surface area contributed by atoms with Crippen LogP contribution in [-0.4, -0.2) is 62.4 Å². The number of benzene rings is 1. The summed E-state index contributed by atoms with van der Waals surface area (Å²) in [5.41, 5.74) is 0.588. The average Bonchev–Trinajstić information content (AvgIpc) is 3.08. The van der Waals surface area contributed by atoms with Gasteiger partial charge in [-0.2, -0.15) is 4.99 Å². The van der Waals surface area contributed by atoms with Crippen LogP contribution in [0, 0.1) is 5.82 Å². The Kier molecular flexibility index (Phi) is 7.81. The van der Waals surface area contributed by atoms with Gasteiger partial charge < -0.3 is 25.6 Å². The molecule has 4 N–H and O–H groups in total. The van der Waals surface area contributed by atoms with Crippen LogP contribution < -0.4 is 26.0 Å². The number of rotatable bonds is 5. The zero-order chi connectivity index (χ0) is 22.3. The van der Waals surface area contributed by atoms with Crippen LogP contribution in [0.1, 0.15) is 51.4 Å². The highest BCUT2D eigenvalue weighted by molar-refractivity contribution is 6.03. The molecule has 0 aromatic heterocycles. The Bertz CT molecular complexity index is 817. The van der Waals surface area contributed by atoms with Crippen LogP contribution in [0.25, 0.3) is 0 Å². The Hall–Kier alpha value is -2.39. The molecule has 1 aromatic carbocycles. The van der Waals surface area contributed by atoms with E-state index in [1.807, 2.05) is 0 Å². The molecule has 4 rings (SSSR count). The maximum absolute atomic E-state index is 14.2. The van der Waals surface area contributed by atoms with Crippen LogP contribution in [-0.2, 0) is 0 Å². The summed E-state index contributed by atoms with van der Waals surface area (Å²) in [7, 11) is 3.54. The molecule has 1 aromatic rings. The molecule has 32 heavy (non-hydrogen) atoms. The quantitative estimate of drug-likeness (QED) is 0.522. The molecule has 0 amide bonds. The van der Waals surface area contributed by atoms with Crippen LogP contribution in [0.3, 0.4) is 0 Å². The topological polar surface area (TPSA) is 85.3 Å². The van der Waals surface area contributed by atoms with Gasteiger partial charge in [-0.3, -0.25) is 5.32 Å². The molecule has 0 bridgehead atoms. The number of piperidine rings is 1. The van der Waals surface area contributed by atoms with Crippen molar-refractivity contribution in [3.05, 3.63) is 24.0 Å². The van der Waals surface area contributed by atoms with Crippen molar-refractivity contribution in [2.45, 2.75) is 69.7 Å². The molecule has 3 aliphatic rings. The molecule has 176 valence electrons. The summed E-state index contributed by atoms with van der Waals surface area (Å²) >= 11 is 0. The maximum atomic E-state index is 14.2. The van der Waals surface area contributed by atoms with Crippen LogP contribution in [0.15, 0.2) is 28.2 Å². The van der Waals surface area contributed by atoms with Gasteiger partial charge in [0.05, 0.1) is 7.11 Å². The van der Waals surface area contributed by atoms with E-state index in [-0.39, 0.29) is 12.0 Å². The number of ether oxygens (including phenoxy) is 1. The molecule has 1 saturated heterocycles. The van der Waals surface area contributed by atoms with E-state index >= 15 is 0 Å². The second-order valence-corrected chi connectivity index (χ2v) is 8.86. The zero-order valence-corrected chi connectivity index (χ0v) is 19.2. The highest BCUT2D eigenvalue weighted by atomic mass is 19.1. The number of aliphatic imine (C=N–C) groups is 2. The molecule has 2 fully saturated rings. The molecule has 2 heterocycles. The molecule has 9 heteroatoms. The van der Waals surface area contributed by atoms with Crippen molar-refractivity contribution in [3.8, 4) is 5.75 Å². The molecule has 0 radical (unpaired) electrons. The van der Waals surface area contributed by atoms with Crippen molar-refractivity contribution in [2.24, 2.45) is 9.98 Å². The maximum Gasteiger partial charge on any atom is 0.229 e. The number of guanidine groups is 2. The molecule has 2 aliphatic heterocycles. The van der Waals surface area contributed by atoms with Gasteiger partial charge in [-0.05, 0) is 50.9 Å². The highest BCUT2D eigenvalue weighted by Gasteiger charge is 2.27. The Morgan fingerprint density at radius 1 is 1.09 bits per heavy atom. The summed E-state index contributed by atoms with van der Waals surface area (Å²) in [5.74, 6) is 1.05. The van der Waals surface area contributed by atoms with Crippen LogP contribution in [0.4, 0.5) is 10.1 Å². The third-order valence-corrected chi connectivity index (χ3v) is 6.58. The van der Waals surface area contributed by atoms with Gasteiger partial charge in [0.2, 0.25) is 11.9 Å². The molecule has 1 saturated carbocycles. The number of methoxy groups -OCH3 is 1. The van der Waals surface area contributed by atoms with Crippen molar-refractivity contribution in [1.82, 2.24) is 20.9 Å². The third kappa shape index (κ3) is 5.89. The monoisotopic (exact) mass is 445 g/mol. The number of anilines is 1. The normalized spacial score (nSPS) is 22.9. The van der Waals surface area contributed by atoms with E-state index in [0.717, 1.165) is 44.7 Å². The van der Waals surface area contributed by atoms with E-state index < -0.39 is 5.82 Å². The summed E-state index contributed by atoms with van der Waals surface area (Å²) < 4.78 is 19.2. The van der Waals surface area contributed by atoms with Crippen molar-refractivity contribution in [1.29, 1.82) is 0 Å². The van der Waals surface area contributed by atoms with E-state index in [2.05, 4.69) is 33.2 Å². The largest absolute Gasteiger partial charge is 0.494 e. The molecular weight excluding hydrogens is 409 g/mol. The lowest BCUT2D eigenvalue weighted by Crippen LogP contribution is -2.57. The highest BCUT2D eigenvalue weighted by Crippen LogP contribution is 2.22. The minimum atomic E-state index is -0.420. The Morgan fingerprint density at radius 2 is 1.84 bits per heavy atom. The standard InChI is InChI=1S/C23H36FN7O/c1-31(18-11-13-25-14-12-18)23-29-21(26-16-7-5-3-4-6-8-16)28-22(30-23)27-17-9-10-20(32-2)19(24)15-17/h9-10,15-16,18,21,25-26H,3-8,11-14H2,1-2H3,(H2,27,28,29,30). The first-order valence-corrected chi connectivity index (χ1v) is 11.9. The Balaban J connectivity index is 1.52. The van der Waals surface area contributed by atoms with E-state index in [0.29, 0.717) is 23.7 Å². The van der Waals surface area contributed by atoms with Crippen molar-refractivity contribution in [2.75, 3.05) is 32.6 Å². The zero-order valence-electron chi connectivity index (χ0n) is 19.2. The predicted octanol–water partition coefficient (Wildman–Crippen LogP) is 2.84. The second kappa shape index (κ2) is 11.0. The van der Waals surface area contributed by atoms with Gasteiger partial charge in [-0.1, -0.05) is 25.7 Å². The number of nitrogens with zero attached hydrogens (tertiary/aromatic N) is 3. The number of hydrogen-bond donors (Lipinski definition) is 4. The first-order valence-electron chi connectivity index (χ1n) is 11.9. The van der Waals surface area contributed by atoms with E-state index in [9.17, 15) is 4.39 Å². The van der Waals surface area contributed by atoms with E-state index in [1.165, 1.54) is 38.9 Å². The lowest BCUT2D eigenvalue weighted by molar-refractivity contribution is 0.274.